The first-order valence-electron chi connectivity index (χ1n) is 14.7. The summed E-state index contributed by atoms with van der Waals surface area (Å²) in [6.07, 6.45) is 0.645. The zero-order chi connectivity index (χ0) is 30.3. The number of benzene rings is 3. The maximum absolute atomic E-state index is 13.6. The topological polar surface area (TPSA) is 109 Å². The number of hydrogen-bond donors (Lipinski definition) is 2. The van der Waals surface area contributed by atoms with E-state index < -0.39 is 17.7 Å². The first-order valence-corrected chi connectivity index (χ1v) is 14.7. The molecule has 0 aliphatic carbocycles. The summed E-state index contributed by atoms with van der Waals surface area (Å²) in [5.74, 6) is -0.842. The van der Waals surface area contributed by atoms with Crippen molar-refractivity contribution in [3.63, 3.8) is 0 Å². The fraction of sp³-hybridized carbons (Fsp3) is 0.353. The van der Waals surface area contributed by atoms with Crippen LogP contribution in [0.4, 0.5) is 0 Å². The van der Waals surface area contributed by atoms with E-state index in [0.717, 1.165) is 25.2 Å². The van der Waals surface area contributed by atoms with Crippen molar-refractivity contribution in [3.8, 4) is 17.2 Å². The lowest BCUT2D eigenvalue weighted by Crippen LogP contribution is -2.38. The summed E-state index contributed by atoms with van der Waals surface area (Å²) in [6, 6.07) is 19.0. The van der Waals surface area contributed by atoms with E-state index >= 15 is 0 Å². The minimum atomic E-state index is -0.849. The molecule has 2 N–H and O–H groups in total. The molecule has 226 valence electrons. The minimum absolute atomic E-state index is 0.00515. The maximum atomic E-state index is 13.6. The second kappa shape index (κ2) is 13.8. The third-order valence-corrected chi connectivity index (χ3v) is 7.82. The lowest BCUT2D eigenvalue weighted by Gasteiger charge is -2.29. The molecule has 2 aliphatic heterocycles. The standard InChI is InChI=1S/C34H38N2O7/c1-3-42-29-21-25(10-13-28(29)37)31-30(33(39)34(40)36(31)15-7-14-35-16-18-41-19-17-35)32(38)27-12-11-26(20-23(27)2)43-22-24-8-5-4-6-9-24/h4-6,8-13,20-21,31,37-38H,3,7,14-19,22H2,1-2H3/b32-30+/t31-/m0/s1. The molecule has 2 saturated heterocycles. The van der Waals surface area contributed by atoms with Gasteiger partial charge in [-0.15, -0.1) is 0 Å². The zero-order valence-electron chi connectivity index (χ0n) is 24.6. The molecule has 5 rings (SSSR count). The van der Waals surface area contributed by atoms with Gasteiger partial charge < -0.3 is 29.3 Å². The quantitative estimate of drug-likeness (QED) is 0.187. The van der Waals surface area contributed by atoms with Crippen LogP contribution in [0, 0.1) is 6.92 Å². The Hall–Kier alpha value is -4.34. The van der Waals surface area contributed by atoms with Gasteiger partial charge in [-0.05, 0) is 67.3 Å². The number of ether oxygens (including phenoxy) is 3. The first kappa shape index (κ1) is 30.1. The summed E-state index contributed by atoms with van der Waals surface area (Å²) in [7, 11) is 0. The summed E-state index contributed by atoms with van der Waals surface area (Å²) in [5.41, 5.74) is 2.73. The second-order valence-corrected chi connectivity index (χ2v) is 10.7. The number of hydrogen-bond acceptors (Lipinski definition) is 8. The number of likely N-dealkylation sites (tertiary alicyclic amines) is 1. The van der Waals surface area contributed by atoms with E-state index in [4.69, 9.17) is 14.2 Å². The number of aliphatic hydroxyl groups is 1. The Labute approximate surface area is 251 Å². The Balaban J connectivity index is 1.46. The maximum Gasteiger partial charge on any atom is 0.295 e. The van der Waals surface area contributed by atoms with Crippen LogP contribution in [0.25, 0.3) is 5.76 Å². The van der Waals surface area contributed by atoms with Crippen LogP contribution in [0.3, 0.4) is 0 Å². The van der Waals surface area contributed by atoms with Crippen LogP contribution in [0.5, 0.6) is 17.2 Å². The van der Waals surface area contributed by atoms with Gasteiger partial charge in [0.15, 0.2) is 11.5 Å². The van der Waals surface area contributed by atoms with Gasteiger partial charge in [-0.2, -0.15) is 0 Å². The highest BCUT2D eigenvalue weighted by Crippen LogP contribution is 2.42. The highest BCUT2D eigenvalue weighted by Gasteiger charge is 2.46. The Bertz CT molecular complexity index is 1480. The van der Waals surface area contributed by atoms with Gasteiger partial charge in [0.05, 0.1) is 31.4 Å². The Morgan fingerprint density at radius 1 is 0.977 bits per heavy atom. The normalized spacial score (nSPS) is 18.7. The van der Waals surface area contributed by atoms with Crippen molar-refractivity contribution in [1.82, 2.24) is 9.80 Å². The summed E-state index contributed by atoms with van der Waals surface area (Å²) in [4.78, 5) is 30.8. The fourth-order valence-electron chi connectivity index (χ4n) is 5.60. The van der Waals surface area contributed by atoms with Crippen molar-refractivity contribution >= 4 is 17.4 Å². The van der Waals surface area contributed by atoms with Crippen molar-refractivity contribution in [1.29, 1.82) is 0 Å². The predicted molar refractivity (Wildman–Crippen MR) is 162 cm³/mol. The van der Waals surface area contributed by atoms with Crippen LogP contribution in [-0.4, -0.2) is 77.7 Å². The predicted octanol–water partition coefficient (Wildman–Crippen LogP) is 4.82. The van der Waals surface area contributed by atoms with Crippen LogP contribution < -0.4 is 9.47 Å². The molecular formula is C34H38N2O7. The van der Waals surface area contributed by atoms with Gasteiger partial charge in [0, 0.05) is 31.7 Å². The molecule has 3 aromatic rings. The number of rotatable bonds is 11. The van der Waals surface area contributed by atoms with Crippen molar-refractivity contribution in [3.05, 3.63) is 94.6 Å². The number of carbonyl (C=O) groups excluding carboxylic acids is 2. The van der Waals surface area contributed by atoms with Gasteiger partial charge in [-0.3, -0.25) is 14.5 Å². The number of aryl methyl sites for hydroxylation is 1. The summed E-state index contributed by atoms with van der Waals surface area (Å²) in [6.45, 7) is 8.41. The van der Waals surface area contributed by atoms with Crippen LogP contribution in [-0.2, 0) is 20.9 Å². The summed E-state index contributed by atoms with van der Waals surface area (Å²) < 4.78 is 17.0. The number of aliphatic hydroxyl groups excluding tert-OH is 1. The third-order valence-electron chi connectivity index (χ3n) is 7.82. The number of nitrogens with zero attached hydrogens (tertiary/aromatic N) is 2. The summed E-state index contributed by atoms with van der Waals surface area (Å²) >= 11 is 0. The highest BCUT2D eigenvalue weighted by atomic mass is 16.5. The van der Waals surface area contributed by atoms with Crippen molar-refractivity contribution in [2.24, 2.45) is 0 Å². The third kappa shape index (κ3) is 6.84. The van der Waals surface area contributed by atoms with Crippen LogP contribution in [0.15, 0.2) is 72.3 Å². The molecule has 2 fully saturated rings. The largest absolute Gasteiger partial charge is 0.507 e. The van der Waals surface area contributed by atoms with Gasteiger partial charge in [0.2, 0.25) is 0 Å². The molecule has 0 saturated carbocycles. The average Bonchev–Trinajstić information content (AvgIpc) is 3.27. The van der Waals surface area contributed by atoms with E-state index in [9.17, 15) is 19.8 Å². The number of phenolic OH excluding ortho intramolecular Hbond substituents is 1. The summed E-state index contributed by atoms with van der Waals surface area (Å²) in [5, 5.41) is 22.0. The van der Waals surface area contributed by atoms with Crippen molar-refractivity contribution < 1.29 is 34.0 Å². The van der Waals surface area contributed by atoms with Gasteiger partial charge in [-0.1, -0.05) is 36.4 Å². The number of morpholine rings is 1. The Morgan fingerprint density at radius 3 is 2.47 bits per heavy atom. The molecule has 9 nitrogen and oxygen atoms in total. The molecule has 0 spiro atoms. The SMILES string of the molecule is CCOc1cc([C@H]2/C(=C(\O)c3ccc(OCc4ccccc4)cc3C)C(=O)C(=O)N2CCCN2CCOCC2)ccc1O. The molecule has 3 aromatic carbocycles. The van der Waals surface area contributed by atoms with Crippen LogP contribution in [0.1, 0.15) is 41.6 Å². The molecule has 1 atom stereocenters. The van der Waals surface area contributed by atoms with Crippen molar-refractivity contribution in [2.45, 2.75) is 32.9 Å². The Morgan fingerprint density at radius 2 is 1.74 bits per heavy atom. The number of aromatic hydroxyl groups is 1. The number of Topliss-reactive ketones (excluding diaryl/α,β-unsaturated/α-hetero) is 1. The molecule has 9 heteroatoms. The average molecular weight is 587 g/mol. The first-order chi connectivity index (χ1) is 20.9. The molecule has 0 bridgehead atoms. The van der Waals surface area contributed by atoms with Gasteiger partial charge >= 0.3 is 0 Å². The molecule has 1 amide bonds. The van der Waals surface area contributed by atoms with E-state index in [0.29, 0.717) is 61.8 Å². The molecular weight excluding hydrogens is 548 g/mol. The lowest BCUT2D eigenvalue weighted by molar-refractivity contribution is -0.140. The van der Waals surface area contributed by atoms with Gasteiger partial charge in [0.25, 0.3) is 11.7 Å². The highest BCUT2D eigenvalue weighted by molar-refractivity contribution is 6.46. The molecule has 2 aliphatic rings. The number of carbonyl (C=O) groups is 2. The molecule has 0 radical (unpaired) electrons. The molecule has 2 heterocycles. The smallest absolute Gasteiger partial charge is 0.295 e. The second-order valence-electron chi connectivity index (χ2n) is 10.7. The minimum Gasteiger partial charge on any atom is -0.507 e. The molecule has 43 heavy (non-hydrogen) atoms. The van der Waals surface area contributed by atoms with Crippen LogP contribution in [0.2, 0.25) is 0 Å². The Kier molecular flexibility index (Phi) is 9.64. The lowest BCUT2D eigenvalue weighted by atomic mass is 9.93. The zero-order valence-corrected chi connectivity index (χ0v) is 24.6. The van der Waals surface area contributed by atoms with Gasteiger partial charge in [0.1, 0.15) is 18.1 Å². The number of ketones is 1. The van der Waals surface area contributed by atoms with E-state index in [-0.39, 0.29) is 22.8 Å². The molecule has 0 unspecified atom stereocenters. The number of amides is 1. The van der Waals surface area contributed by atoms with E-state index in [1.807, 2.05) is 37.3 Å². The van der Waals surface area contributed by atoms with Crippen molar-refractivity contribution in [2.75, 3.05) is 46.0 Å². The van der Waals surface area contributed by atoms with E-state index in [2.05, 4.69) is 4.90 Å². The van der Waals surface area contributed by atoms with E-state index in [1.165, 1.54) is 11.0 Å². The number of phenols is 1. The van der Waals surface area contributed by atoms with E-state index in [1.54, 1.807) is 37.3 Å². The van der Waals surface area contributed by atoms with Crippen LogP contribution >= 0.6 is 0 Å². The fourth-order valence-corrected chi connectivity index (χ4v) is 5.60. The monoisotopic (exact) mass is 586 g/mol. The molecule has 0 aromatic heterocycles. The van der Waals surface area contributed by atoms with Gasteiger partial charge in [-0.25, -0.2) is 0 Å².